The second-order valence-corrected chi connectivity index (χ2v) is 5.99. The molecule has 0 nitrogen and oxygen atoms in total. The Kier molecular flexibility index (Phi) is 3.44. The summed E-state index contributed by atoms with van der Waals surface area (Å²) >= 11 is 0.125. The first-order chi connectivity index (χ1) is 2.43. The van der Waals surface area contributed by atoms with Gasteiger partial charge in [0.05, 0.1) is 0 Å². The van der Waals surface area contributed by atoms with Gasteiger partial charge in [0.15, 0.2) is 0 Å². The summed E-state index contributed by atoms with van der Waals surface area (Å²) in [6.07, 6.45) is 3.19. The average molecular weight is 158 g/mol. The van der Waals surface area contributed by atoms with Crippen molar-refractivity contribution in [3.05, 3.63) is 0 Å². The van der Waals surface area contributed by atoms with E-state index in [4.69, 9.17) is 0 Å². The normalized spacial score (nSPS) is 18.2. The molecule has 1 aliphatic rings. The van der Waals surface area contributed by atoms with Gasteiger partial charge in [-0.1, -0.05) is 0 Å². The van der Waals surface area contributed by atoms with Crippen molar-refractivity contribution in [3.63, 3.8) is 0 Å². The fourth-order valence-corrected chi connectivity index (χ4v) is 2.73. The summed E-state index contributed by atoms with van der Waals surface area (Å²) in [6, 6.07) is 0. The van der Waals surface area contributed by atoms with E-state index in [-0.39, 0.29) is 29.5 Å². The van der Waals surface area contributed by atoms with Gasteiger partial charge in [-0.25, -0.2) is 0 Å². The first-order valence-electron chi connectivity index (χ1n) is 2.43. The second-order valence-electron chi connectivity index (χ2n) is 1.85. The van der Waals surface area contributed by atoms with Crippen LogP contribution in [0.15, 0.2) is 0 Å². The van der Waals surface area contributed by atoms with Crippen LogP contribution in [0.1, 0.15) is 12.8 Å². The molecule has 34 valence electrons. The van der Waals surface area contributed by atoms with Gasteiger partial charge in [-0.15, -0.1) is 12.4 Å². The molecule has 1 saturated carbocycles. The second kappa shape index (κ2) is 2.99. The molecule has 2 heteroatoms. The van der Waals surface area contributed by atoms with E-state index in [9.17, 15) is 0 Å². The van der Waals surface area contributed by atoms with Crippen LogP contribution in [0.5, 0.6) is 0 Å². The van der Waals surface area contributed by atoms with E-state index in [1.54, 1.807) is 12.8 Å². The number of hydrogen-bond acceptors (Lipinski definition) is 0. The number of halogens is 1. The van der Waals surface area contributed by atoms with Gasteiger partial charge >= 0.3 is 40.0 Å². The molecule has 0 spiro atoms. The minimum atomic E-state index is 0. The van der Waals surface area contributed by atoms with Crippen molar-refractivity contribution in [3.8, 4) is 0 Å². The fourth-order valence-electron chi connectivity index (χ4n) is 0.526. The molecule has 6 heavy (non-hydrogen) atoms. The molecule has 0 heterocycles. The van der Waals surface area contributed by atoms with Crippen molar-refractivity contribution in [1.82, 2.24) is 0 Å². The Morgan fingerprint density at radius 1 is 1.50 bits per heavy atom. The maximum absolute atomic E-state index is 2.45. The summed E-state index contributed by atoms with van der Waals surface area (Å²) in [7, 11) is 0. The Hall–Kier alpha value is 0.913. The molecule has 1 fully saturated rings. The van der Waals surface area contributed by atoms with Crippen LogP contribution in [0, 0.1) is 0 Å². The predicted octanol–water partition coefficient (Wildman–Crippen LogP) is 2.12. The van der Waals surface area contributed by atoms with Gasteiger partial charge in [-0.2, -0.15) is 0 Å². The van der Waals surface area contributed by atoms with Crippen LogP contribution >= 0.6 is 12.4 Å². The van der Waals surface area contributed by atoms with Crippen LogP contribution in [0.25, 0.3) is 0 Å². The monoisotopic (exact) mass is 156 g/mol. The van der Waals surface area contributed by atoms with Crippen molar-refractivity contribution < 1.29 is 17.1 Å². The standard InChI is InChI=1S/C3H5.CH3.ClH.Zn/c1-2-3-1;;;/h1H,2-3H2;1H3;1H;. The third kappa shape index (κ3) is 2.15. The molecule has 0 saturated heterocycles. The van der Waals surface area contributed by atoms with E-state index < -0.39 is 0 Å². The van der Waals surface area contributed by atoms with Crippen molar-refractivity contribution in [2.45, 2.75) is 22.9 Å². The Balaban J connectivity index is 0.000000250. The molecule has 0 atom stereocenters. The van der Waals surface area contributed by atoms with Crippen LogP contribution in [0.3, 0.4) is 0 Å². The Labute approximate surface area is 52.7 Å². The third-order valence-electron chi connectivity index (χ3n) is 1.27. The molecule has 0 aliphatic heterocycles. The molecule has 0 radical (unpaired) electrons. The van der Waals surface area contributed by atoms with Crippen LogP contribution in [0.2, 0.25) is 10.0 Å². The zero-order chi connectivity index (χ0) is 3.70. The van der Waals surface area contributed by atoms with E-state index in [1.807, 2.05) is 0 Å². The molecule has 0 unspecified atom stereocenters. The average Bonchev–Trinajstić information content (AvgIpc) is 2.12. The summed E-state index contributed by atoms with van der Waals surface area (Å²) in [5, 5.41) is 0. The Morgan fingerprint density at radius 3 is 2.00 bits per heavy atom. The van der Waals surface area contributed by atoms with E-state index in [0.717, 1.165) is 0 Å². The van der Waals surface area contributed by atoms with Gasteiger partial charge in [0, 0.05) is 0 Å². The van der Waals surface area contributed by atoms with Crippen molar-refractivity contribution in [1.29, 1.82) is 0 Å². The molecule has 0 N–H and O–H groups in total. The van der Waals surface area contributed by atoms with E-state index in [1.165, 1.54) is 4.51 Å². The number of rotatable bonds is 1. The molecule has 0 bridgehead atoms. The Bertz CT molecular complexity index is 34.5. The van der Waals surface area contributed by atoms with Gasteiger partial charge in [0.25, 0.3) is 0 Å². The van der Waals surface area contributed by atoms with Crippen LogP contribution < -0.4 is 0 Å². The zero-order valence-electron chi connectivity index (χ0n) is 4.11. The minimum absolute atomic E-state index is 0. The summed E-state index contributed by atoms with van der Waals surface area (Å²) < 4.78 is 1.32. The topological polar surface area (TPSA) is 0 Å². The predicted molar refractivity (Wildman–Crippen MR) is 26.1 cm³/mol. The summed E-state index contributed by atoms with van der Waals surface area (Å²) in [5.74, 6) is 0. The summed E-state index contributed by atoms with van der Waals surface area (Å²) in [4.78, 5) is 0. The SMILES string of the molecule is Cl.[CH3][Zn][CH]1CC1. The van der Waals surface area contributed by atoms with Crippen LogP contribution in [0.4, 0.5) is 0 Å². The van der Waals surface area contributed by atoms with E-state index in [2.05, 4.69) is 5.52 Å². The van der Waals surface area contributed by atoms with Crippen molar-refractivity contribution in [2.75, 3.05) is 0 Å². The van der Waals surface area contributed by atoms with Gasteiger partial charge in [0.1, 0.15) is 0 Å². The van der Waals surface area contributed by atoms with Crippen molar-refractivity contribution >= 4 is 12.4 Å². The first kappa shape index (κ1) is 6.91. The van der Waals surface area contributed by atoms with Crippen LogP contribution in [-0.4, -0.2) is 0 Å². The van der Waals surface area contributed by atoms with Crippen molar-refractivity contribution in [2.24, 2.45) is 0 Å². The summed E-state index contributed by atoms with van der Waals surface area (Å²) in [6.45, 7) is 0. The third-order valence-corrected chi connectivity index (χ3v) is 5.41. The van der Waals surface area contributed by atoms with E-state index >= 15 is 0 Å². The molecular formula is C4H9ClZn. The maximum atomic E-state index is 2.45. The molecule has 0 aromatic rings. The first-order valence-corrected chi connectivity index (χ1v) is 7.11. The molecule has 0 amide bonds. The van der Waals surface area contributed by atoms with Gasteiger partial charge in [0.2, 0.25) is 0 Å². The quantitative estimate of drug-likeness (QED) is 0.512. The van der Waals surface area contributed by atoms with Gasteiger partial charge in [-0.3, -0.25) is 0 Å². The van der Waals surface area contributed by atoms with Crippen LogP contribution in [-0.2, 0) is 17.1 Å². The van der Waals surface area contributed by atoms with Gasteiger partial charge in [-0.05, 0) is 0 Å². The molecule has 1 rings (SSSR count). The summed E-state index contributed by atoms with van der Waals surface area (Å²) in [5.41, 5.74) is 2.45. The molecule has 1 aliphatic carbocycles. The zero-order valence-corrected chi connectivity index (χ0v) is 7.89. The molecular weight excluding hydrogens is 149 g/mol. The van der Waals surface area contributed by atoms with Gasteiger partial charge < -0.3 is 0 Å². The number of hydrogen-bond donors (Lipinski definition) is 0. The Morgan fingerprint density at radius 2 is 2.00 bits per heavy atom. The molecule has 0 aromatic carbocycles. The molecule has 0 aromatic heterocycles. The van der Waals surface area contributed by atoms with E-state index in [0.29, 0.717) is 0 Å². The fraction of sp³-hybridized carbons (Fsp3) is 1.00.